The van der Waals surface area contributed by atoms with Gasteiger partial charge < -0.3 is 19.8 Å². The summed E-state index contributed by atoms with van der Waals surface area (Å²) in [6.07, 6.45) is 0.737. The highest BCUT2D eigenvalue weighted by molar-refractivity contribution is 9.10. The van der Waals surface area contributed by atoms with E-state index in [-0.39, 0.29) is 58.8 Å². The van der Waals surface area contributed by atoms with E-state index in [1.54, 1.807) is 73.3 Å². The first-order chi connectivity index (χ1) is 24.1. The van der Waals surface area contributed by atoms with Gasteiger partial charge in [-0.2, -0.15) is 0 Å². The maximum absolute atomic E-state index is 14.1. The number of aromatic amines is 1. The van der Waals surface area contributed by atoms with E-state index in [0.717, 1.165) is 37.7 Å². The Morgan fingerprint density at radius 1 is 1.00 bits per heavy atom. The number of H-pyrrole nitrogens is 1. The van der Waals surface area contributed by atoms with Crippen molar-refractivity contribution in [2.75, 3.05) is 23.4 Å². The number of aromatic nitrogens is 1. The molecule has 0 spiro atoms. The Morgan fingerprint density at radius 2 is 1.72 bits per heavy atom. The second-order valence-corrected chi connectivity index (χ2v) is 16.3. The number of amides is 3. The molecule has 7 atom stereocenters. The average Bonchev–Trinajstić information content (AvgIpc) is 3.84. The Balaban J connectivity index is 1.08. The number of ether oxygens (including phenoxy) is 2. The molecule has 1 aromatic heterocycles. The van der Waals surface area contributed by atoms with Gasteiger partial charge >= 0.3 is 10.8 Å². The highest BCUT2D eigenvalue weighted by Crippen LogP contribution is 2.69. The minimum atomic E-state index is -0.470. The number of fused-ring (bicyclic) bond motifs is 9. The lowest BCUT2D eigenvalue weighted by molar-refractivity contribution is -0.123. The van der Waals surface area contributed by atoms with E-state index in [4.69, 9.17) is 21.1 Å². The molecule has 2 saturated carbocycles. The highest BCUT2D eigenvalue weighted by Gasteiger charge is 2.69. The maximum atomic E-state index is 14.1. The third-order valence-corrected chi connectivity index (χ3v) is 13.5. The summed E-state index contributed by atoms with van der Waals surface area (Å²) < 4.78 is 12.0. The Bertz CT molecular complexity index is 2100. The van der Waals surface area contributed by atoms with E-state index in [1.165, 1.54) is 4.90 Å². The Labute approximate surface area is 308 Å². The van der Waals surface area contributed by atoms with Crippen molar-refractivity contribution in [1.29, 1.82) is 0 Å². The van der Waals surface area contributed by atoms with E-state index in [9.17, 15) is 24.0 Å². The summed E-state index contributed by atoms with van der Waals surface area (Å²) in [5.74, 6) is -2.14. The first-order valence-electron chi connectivity index (χ1n) is 16.1. The number of hydrogen-bond acceptors (Lipinski definition) is 9. The van der Waals surface area contributed by atoms with Crippen molar-refractivity contribution in [3.8, 4) is 5.75 Å². The quantitative estimate of drug-likeness (QED) is 0.148. The van der Waals surface area contributed by atoms with Gasteiger partial charge in [0.15, 0.2) is 6.61 Å². The number of nitrogens with zero attached hydrogens (tertiary/aromatic N) is 1. The second-order valence-electron chi connectivity index (χ2n) is 12.8. The number of carbonyl (C=O) groups excluding carboxylic acids is 4. The number of anilines is 2. The van der Waals surface area contributed by atoms with Crippen molar-refractivity contribution in [2.24, 2.45) is 29.6 Å². The topological polar surface area (TPSA) is 135 Å². The third-order valence-electron chi connectivity index (χ3n) is 10.2. The largest absolute Gasteiger partial charge is 0.483 e. The van der Waals surface area contributed by atoms with Gasteiger partial charge in [0, 0.05) is 36.8 Å². The van der Waals surface area contributed by atoms with Gasteiger partial charge in [0.25, 0.3) is 5.91 Å². The molecular formula is C36H29BrClN3O7S2. The van der Waals surface area contributed by atoms with Crippen molar-refractivity contribution in [3.05, 3.63) is 102 Å². The van der Waals surface area contributed by atoms with Crippen LogP contribution >= 0.6 is 50.6 Å². The van der Waals surface area contributed by atoms with Crippen molar-refractivity contribution in [3.63, 3.8) is 0 Å². The molecule has 3 aromatic carbocycles. The zero-order valence-electron chi connectivity index (χ0n) is 26.4. The van der Waals surface area contributed by atoms with Gasteiger partial charge in [-0.1, -0.05) is 38.9 Å². The fraction of sp³-hybridized carbons (Fsp3) is 0.306. The van der Waals surface area contributed by atoms with Gasteiger partial charge in [-0.15, -0.1) is 11.8 Å². The lowest BCUT2D eigenvalue weighted by Gasteiger charge is -2.43. The predicted octanol–water partition coefficient (Wildman–Crippen LogP) is 6.72. The van der Waals surface area contributed by atoms with Gasteiger partial charge in [0.05, 0.1) is 34.7 Å². The van der Waals surface area contributed by atoms with Crippen LogP contribution in [0, 0.1) is 29.6 Å². The van der Waals surface area contributed by atoms with Crippen molar-refractivity contribution < 1.29 is 28.7 Å². The van der Waals surface area contributed by atoms with Gasteiger partial charge in [-0.05, 0) is 97.8 Å². The van der Waals surface area contributed by atoms with Crippen molar-refractivity contribution >= 4 is 85.7 Å². The van der Waals surface area contributed by atoms with Gasteiger partial charge in [0.2, 0.25) is 11.8 Å². The van der Waals surface area contributed by atoms with E-state index >= 15 is 0 Å². The third kappa shape index (κ3) is 5.58. The Morgan fingerprint density at radius 3 is 2.44 bits per heavy atom. The summed E-state index contributed by atoms with van der Waals surface area (Å²) in [6, 6.07) is 18.8. The molecule has 3 amide bonds. The van der Waals surface area contributed by atoms with Crippen LogP contribution in [-0.2, 0) is 19.1 Å². The number of nitrogens with one attached hydrogen (secondary N) is 2. The number of thioether (sulfide) groups is 1. The Kier molecular flexibility index (Phi) is 8.65. The van der Waals surface area contributed by atoms with Crippen LogP contribution in [0.4, 0.5) is 11.4 Å². The minimum absolute atomic E-state index is 0.0152. The molecule has 3 fully saturated rings. The number of carbonyl (C=O) groups is 4. The van der Waals surface area contributed by atoms with E-state index < -0.39 is 23.7 Å². The maximum Gasteiger partial charge on any atom is 0.338 e. The number of imide groups is 1. The zero-order valence-corrected chi connectivity index (χ0v) is 30.4. The molecular weight excluding hydrogens is 766 g/mol. The van der Waals surface area contributed by atoms with E-state index in [2.05, 4.69) is 26.2 Å². The predicted molar refractivity (Wildman–Crippen MR) is 193 cm³/mol. The van der Waals surface area contributed by atoms with Crippen molar-refractivity contribution in [1.82, 2.24) is 4.98 Å². The molecule has 4 aliphatic rings. The highest BCUT2D eigenvalue weighted by atomic mass is 79.9. The average molecular weight is 795 g/mol. The molecule has 2 aliphatic heterocycles. The fourth-order valence-corrected chi connectivity index (χ4v) is 11.7. The molecule has 2 aliphatic carbocycles. The monoisotopic (exact) mass is 793 g/mol. The summed E-state index contributed by atoms with van der Waals surface area (Å²) in [4.78, 5) is 70.9. The minimum Gasteiger partial charge on any atom is -0.483 e. The number of esters is 1. The lowest BCUT2D eigenvalue weighted by atomic mass is 9.68. The normalized spacial score (nSPS) is 26.0. The van der Waals surface area contributed by atoms with Crippen LogP contribution in [0.15, 0.2) is 81.0 Å². The van der Waals surface area contributed by atoms with Crippen LogP contribution in [0.2, 0.25) is 5.02 Å². The van der Waals surface area contributed by atoms with Crippen LogP contribution in [0.5, 0.6) is 5.75 Å². The van der Waals surface area contributed by atoms with Gasteiger partial charge in [-0.25, -0.2) is 4.79 Å². The molecule has 3 heterocycles. The van der Waals surface area contributed by atoms with E-state index in [1.807, 2.05) is 12.1 Å². The second kappa shape index (κ2) is 13.0. The smallest absolute Gasteiger partial charge is 0.338 e. The van der Waals surface area contributed by atoms with Gasteiger partial charge in [0.1, 0.15) is 5.75 Å². The summed E-state index contributed by atoms with van der Waals surface area (Å²) >= 11 is 12.5. The number of hydrogen-bond donors (Lipinski definition) is 2. The van der Waals surface area contributed by atoms with Crippen LogP contribution in [0.25, 0.3) is 0 Å². The molecule has 1 saturated heterocycles. The molecule has 2 N–H and O–H groups in total. The Hall–Kier alpha value is -3.91. The molecule has 50 heavy (non-hydrogen) atoms. The van der Waals surface area contributed by atoms with E-state index in [0.29, 0.717) is 27.7 Å². The molecule has 2 bridgehead atoms. The lowest BCUT2D eigenvalue weighted by Crippen LogP contribution is -2.42. The number of thiazole rings is 1. The first-order valence-corrected chi connectivity index (χ1v) is 19.0. The molecule has 8 rings (SSSR count). The van der Waals surface area contributed by atoms with Crippen LogP contribution < -0.4 is 19.8 Å². The van der Waals surface area contributed by atoms with Crippen LogP contribution in [-0.4, -0.2) is 47.1 Å². The number of benzene rings is 3. The molecule has 256 valence electrons. The molecule has 4 unspecified atom stereocenters. The molecule has 10 nitrogen and oxygen atoms in total. The van der Waals surface area contributed by atoms with Crippen LogP contribution in [0.1, 0.15) is 40.1 Å². The molecule has 14 heteroatoms. The van der Waals surface area contributed by atoms with Crippen LogP contribution in [0.3, 0.4) is 0 Å². The fourth-order valence-electron chi connectivity index (χ4n) is 8.35. The number of rotatable bonds is 8. The SMILES string of the molecule is CCOC(=O)c1ccc(NC(=O)COc2ccc(Br)cc2[C@H]2c3sc(=O)[nH]c3SC3C2[C@H]2C[C@@H]3C3C(=O)N(c4ccc(Cl)cc4)C(=O)C32)cc1. The summed E-state index contributed by atoms with van der Waals surface area (Å²) in [5, 5.41) is 4.08. The zero-order chi connectivity index (χ0) is 34.8. The number of halogens is 2. The van der Waals surface area contributed by atoms with Gasteiger partial charge in [-0.3, -0.25) is 24.1 Å². The molecule has 0 radical (unpaired) electrons. The summed E-state index contributed by atoms with van der Waals surface area (Å²) in [7, 11) is 0. The standard InChI is InChI=1S/C36H29BrClN3O7S2/c1-2-47-35(45)16-3-8-19(9-4-16)39-25(42)15-48-24-12-5-17(37)13-21(24)26-27-22-14-23(30(27)49-32-31(26)50-36(46)40-32)29-28(22)33(43)41(34(29)44)20-10-6-18(38)7-11-20/h3-13,22-23,26-30H,2,14-15H2,1H3,(H,39,42)(H,40,46)/t22-,23-,26-,27?,28?,29?,30?/m1/s1. The summed E-state index contributed by atoms with van der Waals surface area (Å²) in [5.41, 5.74) is 2.19. The van der Waals surface area contributed by atoms with Crippen molar-refractivity contribution in [2.45, 2.75) is 29.5 Å². The first kappa shape index (κ1) is 33.2. The summed E-state index contributed by atoms with van der Waals surface area (Å²) in [6.45, 7) is 1.71. The molecule has 4 aromatic rings.